The monoisotopic (exact) mass is 427 g/mol. The van der Waals surface area contributed by atoms with Crippen molar-refractivity contribution in [2.45, 2.75) is 57.9 Å². The van der Waals surface area contributed by atoms with Crippen LogP contribution in [-0.4, -0.2) is 35.0 Å². The highest BCUT2D eigenvalue weighted by molar-refractivity contribution is 5.53. The second-order valence-electron chi connectivity index (χ2n) is 8.29. The van der Waals surface area contributed by atoms with E-state index in [-0.39, 0.29) is 0 Å². The zero-order valence-electron chi connectivity index (χ0n) is 19.7. The summed E-state index contributed by atoms with van der Waals surface area (Å²) in [5, 5.41) is 3.56. The maximum Gasteiger partial charge on any atom is 0.165 e. The SMILES string of the molecule is C1CCC1.COc1cc2c(cc1OC)C[C@@H](C)c1ccc(OC)c(OC)c1CNCC2. The van der Waals surface area contributed by atoms with E-state index in [2.05, 4.69) is 30.4 Å². The first kappa shape index (κ1) is 23.3. The van der Waals surface area contributed by atoms with E-state index in [1.165, 1.54) is 47.9 Å². The minimum atomic E-state index is 0.330. The van der Waals surface area contributed by atoms with Crippen LogP contribution in [0.3, 0.4) is 0 Å². The van der Waals surface area contributed by atoms with Crippen molar-refractivity contribution in [1.29, 1.82) is 0 Å². The van der Waals surface area contributed by atoms with Crippen molar-refractivity contribution in [3.05, 3.63) is 46.5 Å². The zero-order valence-corrected chi connectivity index (χ0v) is 19.7. The fourth-order valence-corrected chi connectivity index (χ4v) is 4.16. The molecule has 0 radical (unpaired) electrons. The van der Waals surface area contributed by atoms with E-state index in [4.69, 9.17) is 18.9 Å². The molecule has 2 aromatic rings. The van der Waals surface area contributed by atoms with Gasteiger partial charge in [-0.05, 0) is 60.2 Å². The van der Waals surface area contributed by atoms with E-state index in [1.54, 1.807) is 28.4 Å². The first-order valence-electron chi connectivity index (χ1n) is 11.3. The number of methoxy groups -OCH3 is 4. The van der Waals surface area contributed by atoms with Gasteiger partial charge in [-0.1, -0.05) is 38.7 Å². The molecule has 0 bridgehead atoms. The first-order chi connectivity index (χ1) is 15.1. The van der Waals surface area contributed by atoms with E-state index < -0.39 is 0 Å². The maximum atomic E-state index is 5.69. The van der Waals surface area contributed by atoms with Gasteiger partial charge in [0.1, 0.15) is 0 Å². The molecule has 5 nitrogen and oxygen atoms in total. The lowest BCUT2D eigenvalue weighted by atomic mass is 9.86. The van der Waals surface area contributed by atoms with Gasteiger partial charge in [0.25, 0.3) is 0 Å². The van der Waals surface area contributed by atoms with Crippen molar-refractivity contribution in [1.82, 2.24) is 5.32 Å². The van der Waals surface area contributed by atoms with E-state index >= 15 is 0 Å². The number of benzene rings is 2. The van der Waals surface area contributed by atoms with Gasteiger partial charge in [-0.25, -0.2) is 0 Å². The molecule has 2 aromatic carbocycles. The van der Waals surface area contributed by atoms with Crippen LogP contribution in [0.25, 0.3) is 0 Å². The van der Waals surface area contributed by atoms with Gasteiger partial charge in [0.15, 0.2) is 23.0 Å². The summed E-state index contributed by atoms with van der Waals surface area (Å²) >= 11 is 0. The minimum absolute atomic E-state index is 0.330. The van der Waals surface area contributed by atoms with E-state index in [0.717, 1.165) is 48.9 Å². The van der Waals surface area contributed by atoms with Crippen molar-refractivity contribution in [2.75, 3.05) is 35.0 Å². The maximum absolute atomic E-state index is 5.69. The highest BCUT2D eigenvalue weighted by atomic mass is 16.5. The molecule has 2 aliphatic rings. The predicted octanol–water partition coefficient (Wildman–Crippen LogP) is 5.27. The fraction of sp³-hybridized carbons (Fsp3) is 0.538. The number of rotatable bonds is 4. The summed E-state index contributed by atoms with van der Waals surface area (Å²) in [4.78, 5) is 0. The normalized spacial score (nSPS) is 17.6. The topological polar surface area (TPSA) is 49.0 Å². The lowest BCUT2D eigenvalue weighted by Gasteiger charge is -2.24. The van der Waals surface area contributed by atoms with Crippen LogP contribution < -0.4 is 24.3 Å². The van der Waals surface area contributed by atoms with Gasteiger partial charge >= 0.3 is 0 Å². The largest absolute Gasteiger partial charge is 0.493 e. The number of ether oxygens (including phenoxy) is 4. The second-order valence-corrected chi connectivity index (χ2v) is 8.29. The lowest BCUT2D eigenvalue weighted by molar-refractivity contribution is 0.349. The van der Waals surface area contributed by atoms with Crippen molar-refractivity contribution < 1.29 is 18.9 Å². The second kappa shape index (κ2) is 11.3. The quantitative estimate of drug-likeness (QED) is 0.720. The molecule has 170 valence electrons. The number of hydrogen-bond acceptors (Lipinski definition) is 5. The van der Waals surface area contributed by atoms with Crippen LogP contribution in [0, 0.1) is 0 Å². The summed E-state index contributed by atoms with van der Waals surface area (Å²) in [5.41, 5.74) is 5.05. The highest BCUT2D eigenvalue weighted by Gasteiger charge is 2.22. The summed E-state index contributed by atoms with van der Waals surface area (Å²) in [6.07, 6.45) is 7.86. The van der Waals surface area contributed by atoms with E-state index in [1.807, 2.05) is 6.07 Å². The molecule has 4 rings (SSSR count). The molecule has 1 fully saturated rings. The van der Waals surface area contributed by atoms with E-state index in [0.29, 0.717) is 5.92 Å². The molecule has 1 N–H and O–H groups in total. The summed E-state index contributed by atoms with van der Waals surface area (Å²) < 4.78 is 22.2. The molecule has 5 heteroatoms. The summed E-state index contributed by atoms with van der Waals surface area (Å²) in [7, 11) is 6.74. The Morgan fingerprint density at radius 3 is 1.94 bits per heavy atom. The molecular formula is C26H37NO4. The Morgan fingerprint density at radius 2 is 1.39 bits per heavy atom. The van der Waals surface area contributed by atoms with Gasteiger partial charge in [0.2, 0.25) is 0 Å². The number of nitrogens with one attached hydrogen (secondary N) is 1. The molecule has 0 unspecified atom stereocenters. The number of fused-ring (bicyclic) bond motifs is 2. The van der Waals surface area contributed by atoms with Crippen molar-refractivity contribution >= 4 is 0 Å². The standard InChI is InChI=1S/C22H29NO4.C4H8/c1-14-10-16-12-21(26-4)20(25-3)11-15(16)8-9-23-13-18-17(14)6-7-19(24-2)22(18)27-5;1-2-4-3-1/h6-7,11-12,14,23H,8-10,13H2,1-5H3;1-4H2/t14-;/m1./s1. The van der Waals surface area contributed by atoms with Crippen LogP contribution in [0.5, 0.6) is 23.0 Å². The Morgan fingerprint density at radius 1 is 0.774 bits per heavy atom. The zero-order chi connectivity index (χ0) is 22.2. The molecule has 0 aromatic heterocycles. The highest BCUT2D eigenvalue weighted by Crippen LogP contribution is 2.39. The van der Waals surface area contributed by atoms with Crippen molar-refractivity contribution in [2.24, 2.45) is 0 Å². The molecule has 1 aliphatic heterocycles. The Balaban J connectivity index is 0.000000610. The first-order valence-corrected chi connectivity index (χ1v) is 11.3. The lowest BCUT2D eigenvalue weighted by Crippen LogP contribution is -2.21. The average molecular weight is 428 g/mol. The van der Waals surface area contributed by atoms with Crippen molar-refractivity contribution in [3.63, 3.8) is 0 Å². The molecular weight excluding hydrogens is 390 g/mol. The smallest absolute Gasteiger partial charge is 0.165 e. The minimum Gasteiger partial charge on any atom is -0.493 e. The molecule has 1 atom stereocenters. The third-order valence-electron chi connectivity index (χ3n) is 6.32. The molecule has 0 amide bonds. The van der Waals surface area contributed by atoms with Crippen LogP contribution in [0.1, 0.15) is 60.8 Å². The molecule has 0 saturated heterocycles. The third-order valence-corrected chi connectivity index (χ3v) is 6.32. The van der Waals surface area contributed by atoms with Crippen LogP contribution in [0.4, 0.5) is 0 Å². The van der Waals surface area contributed by atoms with Crippen molar-refractivity contribution in [3.8, 4) is 23.0 Å². The third kappa shape index (κ3) is 5.45. The van der Waals surface area contributed by atoms with Crippen LogP contribution in [0.2, 0.25) is 0 Å². The summed E-state index contributed by atoms with van der Waals surface area (Å²) in [6, 6.07) is 8.38. The Hall–Kier alpha value is -2.40. The van der Waals surface area contributed by atoms with Gasteiger partial charge in [-0.15, -0.1) is 0 Å². The predicted molar refractivity (Wildman–Crippen MR) is 125 cm³/mol. The van der Waals surface area contributed by atoms with Gasteiger partial charge in [0.05, 0.1) is 28.4 Å². The van der Waals surface area contributed by atoms with Gasteiger partial charge < -0.3 is 24.3 Å². The van der Waals surface area contributed by atoms with E-state index in [9.17, 15) is 0 Å². The molecule has 1 aliphatic carbocycles. The Bertz CT molecular complexity index is 857. The number of hydrogen-bond donors (Lipinski definition) is 1. The van der Waals surface area contributed by atoms with Gasteiger partial charge in [-0.3, -0.25) is 0 Å². The fourth-order valence-electron chi connectivity index (χ4n) is 4.16. The van der Waals surface area contributed by atoms with Crippen LogP contribution in [0.15, 0.2) is 24.3 Å². The Labute approximate surface area is 187 Å². The summed E-state index contributed by atoms with van der Waals surface area (Å²) in [6.45, 7) is 3.88. The Kier molecular flexibility index (Phi) is 8.47. The van der Waals surface area contributed by atoms with Crippen LogP contribution in [-0.2, 0) is 19.4 Å². The summed E-state index contributed by atoms with van der Waals surface area (Å²) in [5.74, 6) is 3.49. The molecule has 1 saturated carbocycles. The van der Waals surface area contributed by atoms with Gasteiger partial charge in [0, 0.05) is 12.1 Å². The van der Waals surface area contributed by atoms with Gasteiger partial charge in [-0.2, -0.15) is 0 Å². The molecule has 0 spiro atoms. The average Bonchev–Trinajstić information content (AvgIpc) is 2.74. The van der Waals surface area contributed by atoms with Crippen LogP contribution >= 0.6 is 0 Å². The molecule has 1 heterocycles. The molecule has 31 heavy (non-hydrogen) atoms.